The summed E-state index contributed by atoms with van der Waals surface area (Å²) in [5, 5.41) is 2.97. The number of amides is 4. The number of piperidine rings is 1. The van der Waals surface area contributed by atoms with Gasteiger partial charge in [0, 0.05) is 24.3 Å². The fraction of sp³-hybridized carbons (Fsp3) is 0.214. The fourth-order valence-corrected chi connectivity index (χ4v) is 5.52. The van der Waals surface area contributed by atoms with Crippen molar-refractivity contribution in [1.29, 1.82) is 0 Å². The maximum absolute atomic E-state index is 13.3. The van der Waals surface area contributed by atoms with Gasteiger partial charge in [-0.15, -0.1) is 0 Å². The number of hydrogen-bond acceptors (Lipinski definition) is 4. The van der Waals surface area contributed by atoms with Crippen LogP contribution in [0.2, 0.25) is 0 Å². The molecule has 3 heterocycles. The van der Waals surface area contributed by atoms with Gasteiger partial charge < -0.3 is 10.2 Å². The van der Waals surface area contributed by atoms with Crippen molar-refractivity contribution in [3.05, 3.63) is 95.1 Å². The van der Waals surface area contributed by atoms with Crippen LogP contribution in [-0.2, 0) is 4.79 Å². The van der Waals surface area contributed by atoms with Gasteiger partial charge in [0.05, 0.1) is 22.7 Å². The van der Waals surface area contributed by atoms with Crippen molar-refractivity contribution in [2.45, 2.75) is 18.8 Å². The number of fused-ring (bicyclic) bond motifs is 2. The maximum atomic E-state index is 13.3. The standard InChI is InChI=1S/C28H23N3O4/c32-25-24(22-10-3-4-11-23(22)29-25)17-12-14-30(15-13-17)26(33)18-6-5-7-19(16-18)31-27(34)20-8-1-2-9-21(20)28(31)35/h1-11,16-17,24H,12-15H2,(H,29,32). The lowest BCUT2D eigenvalue weighted by atomic mass is 9.80. The van der Waals surface area contributed by atoms with Crippen molar-refractivity contribution < 1.29 is 19.2 Å². The molecule has 35 heavy (non-hydrogen) atoms. The van der Waals surface area contributed by atoms with Crippen molar-refractivity contribution in [2.75, 3.05) is 23.3 Å². The summed E-state index contributed by atoms with van der Waals surface area (Å²) >= 11 is 0. The fourth-order valence-electron chi connectivity index (χ4n) is 5.52. The van der Waals surface area contributed by atoms with E-state index in [4.69, 9.17) is 0 Å². The number of nitrogens with one attached hydrogen (secondary N) is 1. The van der Waals surface area contributed by atoms with Crippen LogP contribution in [0.25, 0.3) is 0 Å². The molecule has 0 spiro atoms. The number of hydrogen-bond donors (Lipinski definition) is 1. The number of anilines is 2. The Morgan fingerprint density at radius 2 is 1.46 bits per heavy atom. The zero-order chi connectivity index (χ0) is 24.1. The first-order chi connectivity index (χ1) is 17.0. The lowest BCUT2D eigenvalue weighted by Crippen LogP contribution is -2.40. The van der Waals surface area contributed by atoms with Gasteiger partial charge in [0.1, 0.15) is 0 Å². The van der Waals surface area contributed by atoms with Crippen molar-refractivity contribution in [1.82, 2.24) is 4.90 Å². The van der Waals surface area contributed by atoms with E-state index >= 15 is 0 Å². The minimum atomic E-state index is -0.383. The number of nitrogens with zero attached hydrogens (tertiary/aromatic N) is 2. The first kappa shape index (κ1) is 21.3. The third-order valence-corrected chi connectivity index (χ3v) is 7.28. The summed E-state index contributed by atoms with van der Waals surface area (Å²) in [5.41, 5.74) is 3.47. The van der Waals surface area contributed by atoms with Crippen LogP contribution in [0.5, 0.6) is 0 Å². The molecule has 0 aromatic heterocycles. The lowest BCUT2D eigenvalue weighted by Gasteiger charge is -2.34. The molecule has 0 saturated carbocycles. The molecule has 0 aliphatic carbocycles. The van der Waals surface area contributed by atoms with E-state index < -0.39 is 0 Å². The molecule has 1 fully saturated rings. The molecule has 0 bridgehead atoms. The van der Waals surface area contributed by atoms with Gasteiger partial charge in [-0.2, -0.15) is 0 Å². The van der Waals surface area contributed by atoms with Crippen molar-refractivity contribution >= 4 is 35.0 Å². The van der Waals surface area contributed by atoms with Gasteiger partial charge in [0.25, 0.3) is 17.7 Å². The summed E-state index contributed by atoms with van der Waals surface area (Å²) in [6.45, 7) is 1.10. The van der Waals surface area contributed by atoms with Crippen LogP contribution in [0.1, 0.15) is 55.4 Å². The summed E-state index contributed by atoms with van der Waals surface area (Å²) in [5.74, 6) is -0.881. The number of imide groups is 1. The van der Waals surface area contributed by atoms with Crippen LogP contribution in [-0.4, -0.2) is 41.6 Å². The molecule has 6 rings (SSSR count). The predicted molar refractivity (Wildman–Crippen MR) is 130 cm³/mol. The second kappa shape index (κ2) is 8.20. The number of carbonyl (C=O) groups is 4. The average Bonchev–Trinajstić information content (AvgIpc) is 3.36. The molecule has 174 valence electrons. The Morgan fingerprint density at radius 1 is 0.800 bits per heavy atom. The zero-order valence-corrected chi connectivity index (χ0v) is 18.9. The van der Waals surface area contributed by atoms with E-state index in [1.165, 1.54) is 0 Å². The van der Waals surface area contributed by atoms with Crippen LogP contribution in [0, 0.1) is 5.92 Å². The smallest absolute Gasteiger partial charge is 0.266 e. The number of rotatable bonds is 3. The van der Waals surface area contributed by atoms with Gasteiger partial charge in [-0.05, 0) is 60.7 Å². The van der Waals surface area contributed by atoms with Crippen molar-refractivity contribution in [3.63, 3.8) is 0 Å². The summed E-state index contributed by atoms with van der Waals surface area (Å²) in [6.07, 6.45) is 1.46. The molecule has 0 radical (unpaired) electrons. The monoisotopic (exact) mass is 465 g/mol. The minimum Gasteiger partial charge on any atom is -0.339 e. The SMILES string of the molecule is O=C1Nc2ccccc2C1C1CCN(C(=O)c2cccc(N3C(=O)c4ccccc4C3=O)c2)CC1. The second-order valence-electron chi connectivity index (χ2n) is 9.23. The maximum Gasteiger partial charge on any atom is 0.266 e. The second-order valence-corrected chi connectivity index (χ2v) is 9.23. The summed E-state index contributed by atoms with van der Waals surface area (Å²) < 4.78 is 0. The molecule has 1 N–H and O–H groups in total. The zero-order valence-electron chi connectivity index (χ0n) is 18.9. The largest absolute Gasteiger partial charge is 0.339 e. The highest BCUT2D eigenvalue weighted by molar-refractivity contribution is 6.34. The first-order valence-electron chi connectivity index (χ1n) is 11.8. The Morgan fingerprint density at radius 3 is 2.17 bits per heavy atom. The topological polar surface area (TPSA) is 86.8 Å². The predicted octanol–water partition coefficient (Wildman–Crippen LogP) is 4.08. The summed E-state index contributed by atoms with van der Waals surface area (Å²) in [6, 6.07) is 21.2. The number of carbonyl (C=O) groups excluding carboxylic acids is 4. The van der Waals surface area contributed by atoms with E-state index in [0.29, 0.717) is 35.5 Å². The van der Waals surface area contributed by atoms with Gasteiger partial charge in [0.2, 0.25) is 5.91 Å². The normalized spacial score (nSPS) is 19.5. The Bertz CT molecular complexity index is 1360. The summed E-state index contributed by atoms with van der Waals surface area (Å²) in [4.78, 5) is 54.5. The molecular formula is C28H23N3O4. The highest BCUT2D eigenvalue weighted by atomic mass is 16.2. The Labute approximate surface area is 202 Å². The van der Waals surface area contributed by atoms with Crippen LogP contribution < -0.4 is 10.2 Å². The van der Waals surface area contributed by atoms with Gasteiger partial charge >= 0.3 is 0 Å². The van der Waals surface area contributed by atoms with Crippen molar-refractivity contribution in [3.8, 4) is 0 Å². The van der Waals surface area contributed by atoms with Gasteiger partial charge in [-0.3, -0.25) is 19.2 Å². The molecular weight excluding hydrogens is 442 g/mol. The third kappa shape index (κ3) is 3.43. The Kier molecular flexibility index (Phi) is 4.99. The molecule has 1 unspecified atom stereocenters. The van der Waals surface area contributed by atoms with E-state index in [1.54, 1.807) is 53.4 Å². The Balaban J connectivity index is 1.17. The Hall–Kier alpha value is -4.26. The van der Waals surface area contributed by atoms with Gasteiger partial charge in [-0.1, -0.05) is 36.4 Å². The highest BCUT2D eigenvalue weighted by Gasteiger charge is 2.39. The van der Waals surface area contributed by atoms with E-state index in [1.807, 2.05) is 24.3 Å². The molecule has 3 aliphatic rings. The molecule has 7 nitrogen and oxygen atoms in total. The van der Waals surface area contributed by atoms with E-state index in [-0.39, 0.29) is 35.5 Å². The summed E-state index contributed by atoms with van der Waals surface area (Å²) in [7, 11) is 0. The van der Waals surface area contributed by atoms with E-state index in [9.17, 15) is 19.2 Å². The average molecular weight is 466 g/mol. The number of benzene rings is 3. The highest BCUT2D eigenvalue weighted by Crippen LogP contribution is 2.41. The quantitative estimate of drug-likeness (QED) is 0.591. The van der Waals surface area contributed by atoms with Crippen molar-refractivity contribution in [2.24, 2.45) is 5.92 Å². The first-order valence-corrected chi connectivity index (χ1v) is 11.8. The molecule has 3 aromatic rings. The molecule has 7 heteroatoms. The van der Waals surface area contributed by atoms with Crippen LogP contribution in [0.3, 0.4) is 0 Å². The lowest BCUT2D eigenvalue weighted by molar-refractivity contribution is -0.118. The van der Waals surface area contributed by atoms with E-state index in [2.05, 4.69) is 5.32 Å². The van der Waals surface area contributed by atoms with Crippen LogP contribution >= 0.6 is 0 Å². The molecule has 1 atom stereocenters. The van der Waals surface area contributed by atoms with Gasteiger partial charge in [-0.25, -0.2) is 4.90 Å². The molecule has 3 aliphatic heterocycles. The molecule has 1 saturated heterocycles. The van der Waals surface area contributed by atoms with E-state index in [0.717, 1.165) is 29.0 Å². The molecule has 4 amide bonds. The number of para-hydroxylation sites is 1. The van der Waals surface area contributed by atoms with Crippen LogP contribution in [0.15, 0.2) is 72.8 Å². The molecule has 3 aromatic carbocycles. The van der Waals surface area contributed by atoms with Gasteiger partial charge in [0.15, 0.2) is 0 Å². The van der Waals surface area contributed by atoms with Crippen LogP contribution in [0.4, 0.5) is 11.4 Å². The minimum absolute atomic E-state index is 0.0321. The number of likely N-dealkylation sites (tertiary alicyclic amines) is 1. The third-order valence-electron chi connectivity index (χ3n) is 7.28.